The number of nitrogens with zero attached hydrogens (tertiary/aromatic N) is 5. The number of fused-ring (bicyclic) bond motifs is 4. The fourth-order valence-electron chi connectivity index (χ4n) is 4.83. The lowest BCUT2D eigenvalue weighted by Gasteiger charge is -2.43. The zero-order valence-corrected chi connectivity index (χ0v) is 16.0. The van der Waals surface area contributed by atoms with E-state index in [1.807, 2.05) is 28.8 Å². The van der Waals surface area contributed by atoms with Crippen molar-refractivity contribution in [2.24, 2.45) is 5.92 Å². The average molecular weight is 383 g/mol. The first-order valence-corrected chi connectivity index (χ1v) is 9.92. The number of aromatic nitrogens is 3. The molecule has 0 unspecified atom stereocenters. The van der Waals surface area contributed by atoms with Gasteiger partial charge in [0, 0.05) is 55.7 Å². The number of piperidine rings is 1. The molecule has 1 aromatic carbocycles. The molecule has 29 heavy (non-hydrogen) atoms. The van der Waals surface area contributed by atoms with E-state index in [4.69, 9.17) is 5.26 Å². The van der Waals surface area contributed by atoms with Gasteiger partial charge < -0.3 is 4.57 Å². The number of likely N-dealkylation sites (tertiary alicyclic amines) is 1. The normalized spacial score (nSPS) is 20.7. The van der Waals surface area contributed by atoms with Crippen molar-refractivity contribution >= 4 is 0 Å². The number of rotatable bonds is 3. The van der Waals surface area contributed by atoms with Crippen LogP contribution in [0.2, 0.25) is 0 Å². The second-order valence-corrected chi connectivity index (χ2v) is 8.02. The molecule has 2 aliphatic heterocycles. The second kappa shape index (κ2) is 7.26. The molecule has 0 spiro atoms. The van der Waals surface area contributed by atoms with E-state index in [1.165, 1.54) is 11.9 Å². The Bertz CT molecular complexity index is 1150. The highest BCUT2D eigenvalue weighted by Gasteiger charge is 2.35. The van der Waals surface area contributed by atoms with Gasteiger partial charge in [0.25, 0.3) is 5.56 Å². The summed E-state index contributed by atoms with van der Waals surface area (Å²) >= 11 is 0. The van der Waals surface area contributed by atoms with Crippen molar-refractivity contribution in [3.05, 3.63) is 82.3 Å². The standard InChI is InChI=1S/C23H21N5O/c24-8-16-2-1-3-17(6-16)11-27-12-18-7-19(14-27)22-5-4-21(23(29)28(22)13-18)20-9-25-15-26-10-20/h1-6,9-10,15,18-19H,7,11-14H2/t18-,19+/m0/s1. The number of hydrogen-bond acceptors (Lipinski definition) is 5. The van der Waals surface area contributed by atoms with E-state index in [9.17, 15) is 4.79 Å². The molecule has 6 nitrogen and oxygen atoms in total. The Morgan fingerprint density at radius 1 is 1.10 bits per heavy atom. The van der Waals surface area contributed by atoms with Crippen LogP contribution in [0.5, 0.6) is 0 Å². The quantitative estimate of drug-likeness (QED) is 0.695. The minimum atomic E-state index is 0.0576. The first-order valence-electron chi connectivity index (χ1n) is 9.92. The summed E-state index contributed by atoms with van der Waals surface area (Å²) in [5.41, 5.74) is 4.49. The Kier molecular flexibility index (Phi) is 4.45. The van der Waals surface area contributed by atoms with Gasteiger partial charge >= 0.3 is 0 Å². The van der Waals surface area contributed by atoms with Gasteiger partial charge in [-0.2, -0.15) is 5.26 Å². The molecule has 2 atom stereocenters. The largest absolute Gasteiger partial charge is 0.311 e. The van der Waals surface area contributed by atoms with Crippen LogP contribution in [0.1, 0.15) is 29.2 Å². The average Bonchev–Trinajstić information content (AvgIpc) is 2.75. The Morgan fingerprint density at radius 3 is 2.79 bits per heavy atom. The lowest BCUT2D eigenvalue weighted by atomic mass is 9.82. The number of pyridine rings is 1. The van der Waals surface area contributed by atoms with E-state index >= 15 is 0 Å². The molecule has 0 radical (unpaired) electrons. The van der Waals surface area contributed by atoms with Crippen LogP contribution in [-0.2, 0) is 13.1 Å². The fraction of sp³-hybridized carbons (Fsp3) is 0.304. The Labute approximate surface area is 169 Å². The predicted octanol–water partition coefficient (Wildman–Crippen LogP) is 2.80. The van der Waals surface area contributed by atoms with Crippen LogP contribution in [0.25, 0.3) is 11.1 Å². The summed E-state index contributed by atoms with van der Waals surface area (Å²) in [5.74, 6) is 0.816. The number of hydrogen-bond donors (Lipinski definition) is 0. The van der Waals surface area contributed by atoms with E-state index in [2.05, 4.69) is 33.1 Å². The Hall–Kier alpha value is -3.30. The van der Waals surface area contributed by atoms with Crippen LogP contribution in [0.3, 0.4) is 0 Å². The van der Waals surface area contributed by atoms with Crippen LogP contribution in [-0.4, -0.2) is 32.5 Å². The zero-order chi connectivity index (χ0) is 19.8. The third kappa shape index (κ3) is 3.34. The summed E-state index contributed by atoms with van der Waals surface area (Å²) in [6, 6.07) is 14.1. The molecule has 0 amide bonds. The van der Waals surface area contributed by atoms with Gasteiger partial charge in [-0.3, -0.25) is 9.69 Å². The molecule has 0 N–H and O–H groups in total. The molecule has 2 aromatic heterocycles. The van der Waals surface area contributed by atoms with E-state index < -0.39 is 0 Å². The van der Waals surface area contributed by atoms with Gasteiger partial charge in [-0.1, -0.05) is 12.1 Å². The highest BCUT2D eigenvalue weighted by atomic mass is 16.1. The highest BCUT2D eigenvalue weighted by Crippen LogP contribution is 2.36. The summed E-state index contributed by atoms with van der Waals surface area (Å²) in [4.78, 5) is 23.7. The van der Waals surface area contributed by atoms with Gasteiger partial charge in [0.1, 0.15) is 6.33 Å². The van der Waals surface area contributed by atoms with Gasteiger partial charge in [-0.05, 0) is 42.2 Å². The lowest BCUT2D eigenvalue weighted by molar-refractivity contribution is 0.114. The minimum Gasteiger partial charge on any atom is -0.311 e. The summed E-state index contributed by atoms with van der Waals surface area (Å²) in [5, 5.41) is 9.14. The molecule has 5 rings (SSSR count). The fourth-order valence-corrected chi connectivity index (χ4v) is 4.83. The molecule has 0 saturated carbocycles. The molecular weight excluding hydrogens is 362 g/mol. The predicted molar refractivity (Wildman–Crippen MR) is 109 cm³/mol. The molecule has 2 aliphatic rings. The SMILES string of the molecule is N#Cc1cccc(CN2C[C@@H]3C[C@H](C2)c2ccc(-c4cncnc4)c(=O)n2C3)c1. The molecule has 4 heterocycles. The van der Waals surface area contributed by atoms with Crippen LogP contribution in [0, 0.1) is 17.2 Å². The van der Waals surface area contributed by atoms with Crippen LogP contribution < -0.4 is 5.56 Å². The van der Waals surface area contributed by atoms with Crippen molar-refractivity contribution in [3.8, 4) is 17.2 Å². The highest BCUT2D eigenvalue weighted by molar-refractivity contribution is 5.60. The van der Waals surface area contributed by atoms with Crippen molar-refractivity contribution < 1.29 is 0 Å². The second-order valence-electron chi connectivity index (χ2n) is 8.02. The Morgan fingerprint density at radius 2 is 1.97 bits per heavy atom. The molecular formula is C23H21N5O. The molecule has 1 fully saturated rings. The van der Waals surface area contributed by atoms with Gasteiger partial charge in [0.15, 0.2) is 0 Å². The topological polar surface area (TPSA) is 74.8 Å². The maximum absolute atomic E-state index is 13.2. The number of nitriles is 1. The van der Waals surface area contributed by atoms with Gasteiger partial charge in [0.2, 0.25) is 0 Å². The first-order chi connectivity index (χ1) is 14.2. The van der Waals surface area contributed by atoms with Crippen molar-refractivity contribution in [1.82, 2.24) is 19.4 Å². The van der Waals surface area contributed by atoms with Crippen LogP contribution >= 0.6 is 0 Å². The Balaban J connectivity index is 1.42. The van der Waals surface area contributed by atoms with Gasteiger partial charge in [-0.25, -0.2) is 9.97 Å². The summed E-state index contributed by atoms with van der Waals surface area (Å²) < 4.78 is 1.97. The van der Waals surface area contributed by atoms with Crippen LogP contribution in [0.4, 0.5) is 0 Å². The van der Waals surface area contributed by atoms with E-state index in [1.54, 1.807) is 12.4 Å². The monoisotopic (exact) mass is 383 g/mol. The van der Waals surface area contributed by atoms with E-state index in [-0.39, 0.29) is 5.56 Å². The molecule has 3 aromatic rings. The third-order valence-corrected chi connectivity index (χ3v) is 6.01. The van der Waals surface area contributed by atoms with Crippen LogP contribution in [0.15, 0.2) is 59.9 Å². The van der Waals surface area contributed by atoms with Crippen molar-refractivity contribution in [2.75, 3.05) is 13.1 Å². The zero-order valence-electron chi connectivity index (χ0n) is 16.0. The molecule has 6 heteroatoms. The van der Waals surface area contributed by atoms with Crippen molar-refractivity contribution in [2.45, 2.75) is 25.4 Å². The van der Waals surface area contributed by atoms with Crippen molar-refractivity contribution in [3.63, 3.8) is 0 Å². The van der Waals surface area contributed by atoms with E-state index in [0.717, 1.165) is 43.9 Å². The number of benzene rings is 1. The van der Waals surface area contributed by atoms with Gasteiger partial charge in [-0.15, -0.1) is 0 Å². The summed E-state index contributed by atoms with van der Waals surface area (Å²) in [7, 11) is 0. The van der Waals surface area contributed by atoms with E-state index in [0.29, 0.717) is 23.0 Å². The maximum atomic E-state index is 13.2. The smallest absolute Gasteiger partial charge is 0.258 e. The molecule has 0 aliphatic carbocycles. The van der Waals surface area contributed by atoms with Gasteiger partial charge in [0.05, 0.1) is 17.2 Å². The summed E-state index contributed by atoms with van der Waals surface area (Å²) in [6.45, 7) is 3.49. The lowest BCUT2D eigenvalue weighted by Crippen LogP contribution is -2.46. The third-order valence-electron chi connectivity index (χ3n) is 6.01. The molecule has 1 saturated heterocycles. The van der Waals surface area contributed by atoms with Crippen molar-refractivity contribution in [1.29, 1.82) is 5.26 Å². The minimum absolute atomic E-state index is 0.0576. The summed E-state index contributed by atoms with van der Waals surface area (Å²) in [6.07, 6.45) is 5.99. The maximum Gasteiger partial charge on any atom is 0.258 e. The first kappa shape index (κ1) is 17.8. The molecule has 2 bridgehead atoms. The molecule has 144 valence electrons.